The average Bonchev–Trinajstić information content (AvgIpc) is 3.17. The molecule has 0 aliphatic heterocycles. The van der Waals surface area contributed by atoms with Crippen molar-refractivity contribution in [3.8, 4) is 0 Å². The quantitative estimate of drug-likeness (QED) is 0.0269. The lowest BCUT2D eigenvalue weighted by Gasteiger charge is -2.34. The topological polar surface area (TPSA) is 102 Å². The molecule has 2 unspecified atom stereocenters. The van der Waals surface area contributed by atoms with Gasteiger partial charge in [-0.05, 0) is 83.5 Å². The Kier molecular flexibility index (Phi) is 36.1. The number of ether oxygens (including phenoxy) is 3. The summed E-state index contributed by atoms with van der Waals surface area (Å²) in [5.74, 6) is -1.93. The third-order valence-corrected chi connectivity index (χ3v) is 8.66. The van der Waals surface area contributed by atoms with Crippen LogP contribution in [-0.4, -0.2) is 75.5 Å². The molecule has 0 bridgehead atoms. The lowest BCUT2D eigenvalue weighted by molar-refractivity contribution is -0.889. The molecule has 0 spiro atoms. The van der Waals surface area contributed by atoms with Gasteiger partial charge in [0.05, 0.1) is 40.3 Å². The van der Waals surface area contributed by atoms with Gasteiger partial charge in [-0.3, -0.25) is 9.59 Å². The number of esters is 2. The van der Waals surface area contributed by atoms with Crippen LogP contribution in [0.2, 0.25) is 0 Å². The molecular formula is C49H77NO7. The maximum Gasteiger partial charge on any atom is 0.306 e. The van der Waals surface area contributed by atoms with Crippen LogP contribution in [0.4, 0.5) is 0 Å². The summed E-state index contributed by atoms with van der Waals surface area (Å²) < 4.78 is 17.0. The summed E-state index contributed by atoms with van der Waals surface area (Å²) in [5.41, 5.74) is 0. The second-order valence-corrected chi connectivity index (χ2v) is 14.8. The second kappa shape index (κ2) is 38.8. The van der Waals surface area contributed by atoms with Gasteiger partial charge in [-0.1, -0.05) is 136 Å². The van der Waals surface area contributed by atoms with Crippen LogP contribution in [0, 0.1) is 0 Å². The Balaban J connectivity index is 4.60. The molecule has 0 saturated carbocycles. The van der Waals surface area contributed by atoms with Crippen molar-refractivity contribution in [1.29, 1.82) is 0 Å². The van der Waals surface area contributed by atoms with Gasteiger partial charge in [-0.25, -0.2) is 0 Å². The fourth-order valence-electron chi connectivity index (χ4n) is 5.35. The zero-order chi connectivity index (χ0) is 42.1. The molecule has 0 aliphatic rings. The van der Waals surface area contributed by atoms with E-state index < -0.39 is 24.1 Å². The number of allylic oxidation sites excluding steroid dienone is 18. The van der Waals surface area contributed by atoms with Gasteiger partial charge in [0.1, 0.15) is 12.6 Å². The van der Waals surface area contributed by atoms with Crippen LogP contribution in [-0.2, 0) is 28.6 Å². The minimum Gasteiger partial charge on any atom is -0.544 e. The Bertz CT molecular complexity index is 1290. The SMILES string of the molecule is CC/C=C/C/C=C/C/C=C/C/C=C/C/C=C/CCC(=O)OCC(COCCC(C(=O)[O-])[N+](C)(C)C)OC(=O)CCC/C=C/C/C=C/C/C=C/C/C=C/CCCCC. The summed E-state index contributed by atoms with van der Waals surface area (Å²) >= 11 is 0. The van der Waals surface area contributed by atoms with Gasteiger partial charge in [0.25, 0.3) is 0 Å². The van der Waals surface area contributed by atoms with Gasteiger partial charge in [0, 0.05) is 19.3 Å². The number of likely N-dealkylation sites (N-methyl/N-ethyl adjacent to an activating group) is 1. The first kappa shape index (κ1) is 53.0. The fraction of sp³-hybridized carbons (Fsp3) is 0.571. The Morgan fingerprint density at radius 1 is 0.544 bits per heavy atom. The van der Waals surface area contributed by atoms with Crippen LogP contribution >= 0.6 is 0 Å². The Hall–Kier alpha value is -4.01. The average molecular weight is 792 g/mol. The van der Waals surface area contributed by atoms with Gasteiger partial charge in [0.15, 0.2) is 6.10 Å². The first-order valence-corrected chi connectivity index (χ1v) is 21.4. The normalized spacial score (nSPS) is 14.1. The van der Waals surface area contributed by atoms with Crippen LogP contribution in [0.1, 0.15) is 129 Å². The molecule has 0 N–H and O–H groups in total. The van der Waals surface area contributed by atoms with Crippen molar-refractivity contribution in [1.82, 2.24) is 0 Å². The summed E-state index contributed by atoms with van der Waals surface area (Å²) in [7, 11) is 5.35. The summed E-state index contributed by atoms with van der Waals surface area (Å²) in [4.78, 5) is 36.8. The van der Waals surface area contributed by atoms with Crippen molar-refractivity contribution in [2.45, 2.75) is 142 Å². The molecule has 0 radical (unpaired) electrons. The number of quaternary nitrogens is 1. The maximum atomic E-state index is 12.7. The van der Waals surface area contributed by atoms with E-state index in [2.05, 4.69) is 111 Å². The molecule has 0 saturated heterocycles. The number of aliphatic carboxylic acids is 1. The largest absolute Gasteiger partial charge is 0.544 e. The molecule has 2 atom stereocenters. The predicted octanol–water partition coefficient (Wildman–Crippen LogP) is 10.4. The van der Waals surface area contributed by atoms with E-state index in [-0.39, 0.29) is 49.5 Å². The van der Waals surface area contributed by atoms with Crippen molar-refractivity contribution in [3.05, 3.63) is 109 Å². The van der Waals surface area contributed by atoms with E-state index in [4.69, 9.17) is 14.2 Å². The molecule has 0 rings (SSSR count). The number of carbonyl (C=O) groups is 3. The number of rotatable bonds is 36. The zero-order valence-corrected chi connectivity index (χ0v) is 36.2. The van der Waals surface area contributed by atoms with E-state index in [0.29, 0.717) is 12.8 Å². The maximum absolute atomic E-state index is 12.7. The van der Waals surface area contributed by atoms with E-state index in [1.165, 1.54) is 25.7 Å². The minimum atomic E-state index is -1.15. The molecular weight excluding hydrogens is 715 g/mol. The van der Waals surface area contributed by atoms with Crippen LogP contribution in [0.5, 0.6) is 0 Å². The number of carboxylic acid groups (broad SMARTS) is 1. The number of unbranched alkanes of at least 4 members (excludes halogenated alkanes) is 4. The highest BCUT2D eigenvalue weighted by molar-refractivity contribution is 5.70. The van der Waals surface area contributed by atoms with E-state index in [0.717, 1.165) is 57.8 Å². The fourth-order valence-corrected chi connectivity index (χ4v) is 5.35. The van der Waals surface area contributed by atoms with E-state index in [9.17, 15) is 19.5 Å². The first-order valence-electron chi connectivity index (χ1n) is 21.4. The lowest BCUT2D eigenvalue weighted by atomic mass is 10.1. The number of hydrogen-bond acceptors (Lipinski definition) is 7. The third-order valence-electron chi connectivity index (χ3n) is 8.66. The Morgan fingerprint density at radius 2 is 1.00 bits per heavy atom. The monoisotopic (exact) mass is 792 g/mol. The van der Waals surface area contributed by atoms with Crippen molar-refractivity contribution < 1.29 is 38.2 Å². The molecule has 0 fully saturated rings. The van der Waals surface area contributed by atoms with Crippen molar-refractivity contribution >= 4 is 17.9 Å². The summed E-state index contributed by atoms with van der Waals surface area (Å²) in [5, 5.41) is 11.6. The van der Waals surface area contributed by atoms with E-state index in [1.54, 1.807) is 21.1 Å². The number of carboxylic acids is 1. The molecule has 0 aromatic heterocycles. The predicted molar refractivity (Wildman–Crippen MR) is 235 cm³/mol. The number of carbonyl (C=O) groups excluding carboxylic acids is 3. The summed E-state index contributed by atoms with van der Waals surface area (Å²) in [6, 6.07) is -0.752. The molecule has 0 aromatic carbocycles. The zero-order valence-electron chi connectivity index (χ0n) is 36.2. The van der Waals surface area contributed by atoms with Gasteiger partial charge in [0.2, 0.25) is 0 Å². The smallest absolute Gasteiger partial charge is 0.306 e. The lowest BCUT2D eigenvalue weighted by Crippen LogP contribution is -2.55. The molecule has 8 heteroatoms. The van der Waals surface area contributed by atoms with Crippen LogP contribution in [0.25, 0.3) is 0 Å². The van der Waals surface area contributed by atoms with Gasteiger partial charge < -0.3 is 28.6 Å². The highest BCUT2D eigenvalue weighted by Crippen LogP contribution is 2.10. The summed E-state index contributed by atoms with van der Waals surface area (Å²) in [6.45, 7) is 4.34. The third kappa shape index (κ3) is 37.3. The molecule has 0 amide bonds. The van der Waals surface area contributed by atoms with Crippen LogP contribution < -0.4 is 5.11 Å². The molecule has 8 nitrogen and oxygen atoms in total. The van der Waals surface area contributed by atoms with Gasteiger partial charge >= 0.3 is 11.9 Å². The van der Waals surface area contributed by atoms with Crippen molar-refractivity contribution in [2.75, 3.05) is 41.0 Å². The minimum absolute atomic E-state index is 0.0120. The highest BCUT2D eigenvalue weighted by Gasteiger charge is 2.25. The Morgan fingerprint density at radius 3 is 1.46 bits per heavy atom. The van der Waals surface area contributed by atoms with Crippen molar-refractivity contribution in [3.63, 3.8) is 0 Å². The summed E-state index contributed by atoms with van der Waals surface area (Å²) in [6.07, 6.45) is 52.8. The molecule has 320 valence electrons. The molecule has 0 aromatic rings. The standard InChI is InChI=1S/C49H77NO7/c1-6-8-10-12-14-16-18-20-22-24-26-28-30-32-34-36-38-40-48(52)57-45(43-55-42-41-46(49(53)54)50(3,4)5)44-56-47(51)39-37-35-33-31-29-27-25-23-21-19-17-15-13-11-9-7-2/h9,11,14-17,20-23,26-29,32-35,45-46H,6-8,10,12-13,18-19,24-25,30-31,36-44H2,1-5H3/b11-9+,16-14+,17-15+,22-20+,23-21+,28-26+,29-27+,34-32+,35-33+. The van der Waals surface area contributed by atoms with E-state index >= 15 is 0 Å². The second-order valence-electron chi connectivity index (χ2n) is 14.8. The number of nitrogens with zero attached hydrogens (tertiary/aromatic N) is 1. The van der Waals surface area contributed by atoms with Gasteiger partial charge in [-0.2, -0.15) is 0 Å². The van der Waals surface area contributed by atoms with Crippen LogP contribution in [0.3, 0.4) is 0 Å². The van der Waals surface area contributed by atoms with Gasteiger partial charge in [-0.15, -0.1) is 0 Å². The molecule has 57 heavy (non-hydrogen) atoms. The molecule has 0 aliphatic carbocycles. The number of hydrogen-bond donors (Lipinski definition) is 0. The van der Waals surface area contributed by atoms with Crippen molar-refractivity contribution in [2.24, 2.45) is 0 Å². The van der Waals surface area contributed by atoms with Crippen LogP contribution in [0.15, 0.2) is 109 Å². The molecule has 0 heterocycles. The first-order chi connectivity index (χ1) is 27.6. The highest BCUT2D eigenvalue weighted by atomic mass is 16.6. The van der Waals surface area contributed by atoms with E-state index in [1.807, 2.05) is 12.2 Å². The Labute approximate surface area is 347 Å².